The van der Waals surface area contributed by atoms with Crippen molar-refractivity contribution in [2.24, 2.45) is 5.73 Å². The summed E-state index contributed by atoms with van der Waals surface area (Å²) in [6, 6.07) is 13.1. The molecule has 3 heterocycles. The van der Waals surface area contributed by atoms with Crippen molar-refractivity contribution in [3.63, 3.8) is 0 Å². The van der Waals surface area contributed by atoms with Crippen LogP contribution in [0.5, 0.6) is 0 Å². The average Bonchev–Trinajstić information content (AvgIpc) is 2.90. The number of aromatic nitrogens is 4. The van der Waals surface area contributed by atoms with Gasteiger partial charge in [-0.25, -0.2) is 19.9 Å². The molecule has 1 aliphatic rings. The highest BCUT2D eigenvalue weighted by Crippen LogP contribution is 2.27. The van der Waals surface area contributed by atoms with Gasteiger partial charge in [0.15, 0.2) is 5.82 Å². The number of carbonyl (C=O) groups is 1. The van der Waals surface area contributed by atoms with Crippen molar-refractivity contribution in [1.82, 2.24) is 19.9 Å². The van der Waals surface area contributed by atoms with E-state index in [4.69, 9.17) is 15.5 Å². The standard InChI is InChI=1S/C27H30N8O2/c1-17-7-8-18(25(36)32-20-6-4-5-19(14-20)27(2,3)28)13-21(17)33-24-23-22(30-16-31-24)15-29-26(34-23)35-9-11-37-12-10-35/h4-8,13-16H,9-12,28H2,1-3H3,(H,32,36)(H,30,31,33). The van der Waals surface area contributed by atoms with Crippen molar-refractivity contribution in [2.75, 3.05) is 41.8 Å². The SMILES string of the molecule is Cc1ccc(C(=O)Nc2cccc(C(C)(C)N)c2)cc1Nc1ncnc2cnc(N3CCOCC3)nc12. The van der Waals surface area contributed by atoms with Crippen LogP contribution >= 0.6 is 0 Å². The number of rotatable bonds is 6. The zero-order valence-electron chi connectivity index (χ0n) is 21.2. The lowest BCUT2D eigenvalue weighted by Crippen LogP contribution is -2.37. The normalized spacial score (nSPS) is 14.0. The quantitative estimate of drug-likeness (QED) is 0.364. The molecule has 10 nitrogen and oxygen atoms in total. The van der Waals surface area contributed by atoms with E-state index >= 15 is 0 Å². The van der Waals surface area contributed by atoms with Gasteiger partial charge in [0.25, 0.3) is 5.91 Å². The van der Waals surface area contributed by atoms with Crippen LogP contribution in [0.2, 0.25) is 0 Å². The van der Waals surface area contributed by atoms with Gasteiger partial charge >= 0.3 is 0 Å². The fourth-order valence-corrected chi connectivity index (χ4v) is 4.08. The maximum absolute atomic E-state index is 13.1. The zero-order chi connectivity index (χ0) is 26.0. The first kappa shape index (κ1) is 24.5. The van der Waals surface area contributed by atoms with E-state index in [9.17, 15) is 4.79 Å². The fraction of sp³-hybridized carbons (Fsp3) is 0.296. The molecule has 4 aromatic rings. The Morgan fingerprint density at radius 1 is 1.08 bits per heavy atom. The molecule has 0 atom stereocenters. The number of carbonyl (C=O) groups excluding carboxylic acids is 1. The molecule has 37 heavy (non-hydrogen) atoms. The molecular weight excluding hydrogens is 468 g/mol. The Hall–Kier alpha value is -4.15. The summed E-state index contributed by atoms with van der Waals surface area (Å²) >= 11 is 0. The Morgan fingerprint density at radius 3 is 2.68 bits per heavy atom. The van der Waals surface area contributed by atoms with Gasteiger partial charge in [-0.2, -0.15) is 0 Å². The molecule has 0 saturated carbocycles. The third-order valence-corrected chi connectivity index (χ3v) is 6.28. The van der Waals surface area contributed by atoms with E-state index in [0.29, 0.717) is 47.3 Å². The van der Waals surface area contributed by atoms with Gasteiger partial charge in [0.1, 0.15) is 17.4 Å². The molecule has 0 bridgehead atoms. The topological polar surface area (TPSA) is 131 Å². The first-order chi connectivity index (χ1) is 17.8. The second-order valence-corrected chi connectivity index (χ2v) is 9.64. The minimum Gasteiger partial charge on any atom is -0.378 e. The van der Waals surface area contributed by atoms with Gasteiger partial charge in [-0.15, -0.1) is 0 Å². The van der Waals surface area contributed by atoms with Crippen LogP contribution in [0.25, 0.3) is 11.0 Å². The lowest BCUT2D eigenvalue weighted by atomic mass is 9.95. The molecule has 10 heteroatoms. The predicted molar refractivity (Wildman–Crippen MR) is 144 cm³/mol. The van der Waals surface area contributed by atoms with Crippen LogP contribution < -0.4 is 21.3 Å². The number of nitrogens with zero attached hydrogens (tertiary/aromatic N) is 5. The first-order valence-electron chi connectivity index (χ1n) is 12.2. The van der Waals surface area contributed by atoms with Gasteiger partial charge in [0.05, 0.1) is 19.4 Å². The Balaban J connectivity index is 1.41. The summed E-state index contributed by atoms with van der Waals surface area (Å²) in [4.78, 5) is 33.1. The third-order valence-electron chi connectivity index (χ3n) is 6.28. The molecule has 5 rings (SSSR count). The highest BCUT2D eigenvalue weighted by Gasteiger charge is 2.18. The Bertz CT molecular complexity index is 1440. The van der Waals surface area contributed by atoms with E-state index in [0.717, 1.165) is 29.9 Å². The van der Waals surface area contributed by atoms with Gasteiger partial charge in [0.2, 0.25) is 5.95 Å². The van der Waals surface area contributed by atoms with E-state index in [1.807, 2.05) is 51.1 Å². The number of morpholine rings is 1. The van der Waals surface area contributed by atoms with Crippen molar-refractivity contribution in [1.29, 1.82) is 0 Å². The lowest BCUT2D eigenvalue weighted by molar-refractivity contribution is 0.102. The molecule has 1 fully saturated rings. The van der Waals surface area contributed by atoms with Crippen LogP contribution in [0.3, 0.4) is 0 Å². The maximum atomic E-state index is 13.1. The smallest absolute Gasteiger partial charge is 0.255 e. The summed E-state index contributed by atoms with van der Waals surface area (Å²) in [5.74, 6) is 0.932. The first-order valence-corrected chi connectivity index (χ1v) is 12.2. The molecular formula is C27H30N8O2. The highest BCUT2D eigenvalue weighted by atomic mass is 16.5. The minimum absolute atomic E-state index is 0.223. The molecule has 0 unspecified atom stereocenters. The van der Waals surface area contributed by atoms with Gasteiger partial charge in [-0.05, 0) is 56.2 Å². The number of amides is 1. The fourth-order valence-electron chi connectivity index (χ4n) is 4.08. The summed E-state index contributed by atoms with van der Waals surface area (Å²) in [6.07, 6.45) is 3.17. The summed E-state index contributed by atoms with van der Waals surface area (Å²) in [5, 5.41) is 6.32. The Morgan fingerprint density at radius 2 is 1.89 bits per heavy atom. The number of nitrogens with two attached hydrogens (primary N) is 1. The van der Waals surface area contributed by atoms with Crippen LogP contribution in [0.4, 0.5) is 23.1 Å². The Kier molecular flexibility index (Phi) is 6.68. The van der Waals surface area contributed by atoms with E-state index in [1.165, 1.54) is 6.33 Å². The monoisotopic (exact) mass is 498 g/mol. The van der Waals surface area contributed by atoms with Crippen LogP contribution in [0, 0.1) is 6.92 Å². The molecule has 0 aliphatic carbocycles. The average molecular weight is 499 g/mol. The number of anilines is 4. The van der Waals surface area contributed by atoms with E-state index in [2.05, 4.69) is 30.5 Å². The molecule has 4 N–H and O–H groups in total. The third kappa shape index (κ3) is 5.50. The molecule has 1 aliphatic heterocycles. The zero-order valence-corrected chi connectivity index (χ0v) is 21.2. The minimum atomic E-state index is -0.507. The van der Waals surface area contributed by atoms with Crippen LogP contribution in [0.1, 0.15) is 35.3 Å². The molecule has 0 radical (unpaired) electrons. The number of aryl methyl sites for hydroxylation is 1. The second-order valence-electron chi connectivity index (χ2n) is 9.64. The van der Waals surface area contributed by atoms with E-state index in [-0.39, 0.29) is 5.91 Å². The van der Waals surface area contributed by atoms with Gasteiger partial charge < -0.3 is 26.0 Å². The van der Waals surface area contributed by atoms with Gasteiger partial charge in [-0.3, -0.25) is 4.79 Å². The van der Waals surface area contributed by atoms with Crippen LogP contribution in [-0.2, 0) is 10.3 Å². The summed E-state index contributed by atoms with van der Waals surface area (Å²) in [6.45, 7) is 8.55. The number of hydrogen-bond donors (Lipinski definition) is 3. The lowest BCUT2D eigenvalue weighted by Gasteiger charge is -2.26. The summed E-state index contributed by atoms with van der Waals surface area (Å²) < 4.78 is 5.44. The number of hydrogen-bond acceptors (Lipinski definition) is 9. The number of nitrogens with one attached hydrogen (secondary N) is 2. The summed E-state index contributed by atoms with van der Waals surface area (Å²) in [5.41, 5.74) is 10.8. The molecule has 1 amide bonds. The number of fused-ring (bicyclic) bond motifs is 1. The maximum Gasteiger partial charge on any atom is 0.255 e. The Labute approximate surface area is 215 Å². The molecule has 2 aromatic carbocycles. The second kappa shape index (κ2) is 10.1. The van der Waals surface area contributed by atoms with E-state index in [1.54, 1.807) is 18.3 Å². The predicted octanol–water partition coefficient (Wildman–Crippen LogP) is 3.75. The van der Waals surface area contributed by atoms with Crippen molar-refractivity contribution < 1.29 is 9.53 Å². The van der Waals surface area contributed by atoms with E-state index < -0.39 is 5.54 Å². The largest absolute Gasteiger partial charge is 0.378 e. The van der Waals surface area contributed by atoms with Crippen molar-refractivity contribution in [3.8, 4) is 0 Å². The molecule has 190 valence electrons. The van der Waals surface area contributed by atoms with Gasteiger partial charge in [0, 0.05) is 35.6 Å². The van der Waals surface area contributed by atoms with Crippen LogP contribution in [-0.4, -0.2) is 52.1 Å². The van der Waals surface area contributed by atoms with Crippen molar-refractivity contribution in [2.45, 2.75) is 26.3 Å². The summed E-state index contributed by atoms with van der Waals surface area (Å²) in [7, 11) is 0. The van der Waals surface area contributed by atoms with Crippen molar-refractivity contribution >= 4 is 40.1 Å². The number of ether oxygens (including phenoxy) is 1. The molecule has 0 spiro atoms. The van der Waals surface area contributed by atoms with Crippen LogP contribution in [0.15, 0.2) is 55.0 Å². The van der Waals surface area contributed by atoms with Gasteiger partial charge in [-0.1, -0.05) is 18.2 Å². The number of benzene rings is 2. The highest BCUT2D eigenvalue weighted by molar-refractivity contribution is 6.05. The molecule has 1 saturated heterocycles. The van der Waals surface area contributed by atoms with Crippen molar-refractivity contribution in [3.05, 3.63) is 71.7 Å². The molecule has 2 aromatic heterocycles.